The normalized spacial score (nSPS) is 11.8. The molecule has 210 valence electrons. The molecule has 40 heavy (non-hydrogen) atoms. The molecule has 3 aromatic rings. The largest absolute Gasteiger partial charge is 0.508 e. The highest BCUT2D eigenvalue weighted by atomic mass is 35.5. The number of phenolic OH excluding ortho intramolecular Hbond substituents is 1. The van der Waals surface area contributed by atoms with Crippen LogP contribution in [0.5, 0.6) is 5.75 Å². The topological polar surface area (TPSA) is 145 Å². The Morgan fingerprint density at radius 2 is 1.57 bits per heavy atom. The van der Waals surface area contributed by atoms with Gasteiger partial charge in [-0.3, -0.25) is 14.4 Å². The van der Waals surface area contributed by atoms with Crippen molar-refractivity contribution in [3.63, 3.8) is 0 Å². The van der Waals surface area contributed by atoms with Gasteiger partial charge in [0.1, 0.15) is 17.6 Å². The van der Waals surface area contributed by atoms with Crippen LogP contribution in [0.2, 0.25) is 5.02 Å². The molecule has 0 heterocycles. The molecule has 0 aromatic heterocycles. The molecule has 3 rings (SSSR count). The van der Waals surface area contributed by atoms with E-state index >= 15 is 0 Å². The molecule has 0 spiro atoms. The lowest BCUT2D eigenvalue weighted by Crippen LogP contribution is -2.48. The first-order valence-corrected chi connectivity index (χ1v) is 11.7. The highest BCUT2D eigenvalue weighted by molar-refractivity contribution is 6.34. The number of carbonyl (C=O) groups is 4. The number of rotatable bonds is 9. The standard InChI is InChI=1S/C26H20ClF4N3O6/c27-20-9-14(22(36)32-11-13-2-1-3-18(35)6-13)4-5-19(20)24(38)34-21(25(39)40)12-33-23(37)15-7-16(26(29,30)31)10-17(28)8-15/h1-10,21,35H,11-12H2,(H,32,36)(H,33,37)(H,34,38)(H,39,40). The molecule has 9 nitrogen and oxygen atoms in total. The molecule has 0 bridgehead atoms. The van der Waals surface area contributed by atoms with E-state index < -0.39 is 59.4 Å². The fraction of sp³-hybridized carbons (Fsp3) is 0.154. The highest BCUT2D eigenvalue weighted by Crippen LogP contribution is 2.30. The summed E-state index contributed by atoms with van der Waals surface area (Å²) in [5.74, 6) is -5.63. The predicted molar refractivity (Wildman–Crippen MR) is 133 cm³/mol. The van der Waals surface area contributed by atoms with E-state index in [1.54, 1.807) is 12.1 Å². The Balaban J connectivity index is 1.64. The monoisotopic (exact) mass is 581 g/mol. The quantitative estimate of drug-likeness (QED) is 0.243. The van der Waals surface area contributed by atoms with E-state index in [4.69, 9.17) is 11.6 Å². The molecule has 0 saturated carbocycles. The summed E-state index contributed by atoms with van der Waals surface area (Å²) in [5.41, 5.74) is -1.61. The molecule has 0 aliphatic rings. The Bertz CT molecular complexity index is 1460. The molecule has 3 amide bonds. The number of phenols is 1. The summed E-state index contributed by atoms with van der Waals surface area (Å²) in [7, 11) is 0. The summed E-state index contributed by atoms with van der Waals surface area (Å²) < 4.78 is 52.3. The first-order valence-electron chi connectivity index (χ1n) is 11.3. The average molecular weight is 582 g/mol. The van der Waals surface area contributed by atoms with Gasteiger partial charge in [-0.05, 0) is 54.1 Å². The van der Waals surface area contributed by atoms with Crippen molar-refractivity contribution in [1.82, 2.24) is 16.0 Å². The molecule has 0 saturated heterocycles. The molecule has 5 N–H and O–H groups in total. The molecule has 0 fully saturated rings. The number of aliphatic carboxylic acids is 1. The van der Waals surface area contributed by atoms with E-state index in [2.05, 4.69) is 10.6 Å². The molecular formula is C26H20ClF4N3O6. The van der Waals surface area contributed by atoms with Crippen LogP contribution in [-0.4, -0.2) is 46.5 Å². The maximum Gasteiger partial charge on any atom is 0.416 e. The van der Waals surface area contributed by atoms with E-state index in [1.807, 2.05) is 5.32 Å². The van der Waals surface area contributed by atoms with Gasteiger partial charge in [-0.1, -0.05) is 23.7 Å². The average Bonchev–Trinajstić information content (AvgIpc) is 2.88. The Labute approximate surface area is 228 Å². The third kappa shape index (κ3) is 7.93. The van der Waals surface area contributed by atoms with Crippen LogP contribution >= 0.6 is 11.6 Å². The second-order valence-electron chi connectivity index (χ2n) is 8.35. The lowest BCUT2D eigenvalue weighted by Gasteiger charge is -2.16. The second-order valence-corrected chi connectivity index (χ2v) is 8.76. The summed E-state index contributed by atoms with van der Waals surface area (Å²) in [6.45, 7) is -0.669. The van der Waals surface area contributed by atoms with Crippen LogP contribution in [0.1, 0.15) is 42.2 Å². The molecule has 14 heteroatoms. The predicted octanol–water partition coefficient (Wildman–Crippen LogP) is 3.75. The Hall–Kier alpha value is -4.65. The maximum atomic E-state index is 13.6. The van der Waals surface area contributed by atoms with Crippen LogP contribution in [0.25, 0.3) is 0 Å². The van der Waals surface area contributed by atoms with Gasteiger partial charge in [-0.25, -0.2) is 9.18 Å². The van der Waals surface area contributed by atoms with Crippen LogP contribution < -0.4 is 16.0 Å². The van der Waals surface area contributed by atoms with Crippen molar-refractivity contribution in [3.05, 3.63) is 99.3 Å². The molecular weight excluding hydrogens is 562 g/mol. The minimum absolute atomic E-state index is 0.0222. The van der Waals surface area contributed by atoms with Crippen LogP contribution in [0.4, 0.5) is 17.6 Å². The Morgan fingerprint density at radius 3 is 2.20 bits per heavy atom. The zero-order valence-electron chi connectivity index (χ0n) is 20.2. The summed E-state index contributed by atoms with van der Waals surface area (Å²) in [6, 6.07) is 9.21. The van der Waals surface area contributed by atoms with E-state index in [9.17, 15) is 47.0 Å². The highest BCUT2D eigenvalue weighted by Gasteiger charge is 2.32. The first kappa shape index (κ1) is 29.9. The van der Waals surface area contributed by atoms with Gasteiger partial charge in [-0.2, -0.15) is 13.2 Å². The number of aromatic hydroxyl groups is 1. The summed E-state index contributed by atoms with van der Waals surface area (Å²) in [4.78, 5) is 48.9. The van der Waals surface area contributed by atoms with Gasteiger partial charge in [-0.15, -0.1) is 0 Å². The van der Waals surface area contributed by atoms with E-state index in [0.717, 1.165) is 0 Å². The van der Waals surface area contributed by atoms with Crippen molar-refractivity contribution in [2.45, 2.75) is 18.8 Å². The van der Waals surface area contributed by atoms with Crippen molar-refractivity contribution >= 4 is 35.3 Å². The van der Waals surface area contributed by atoms with Crippen molar-refractivity contribution in [1.29, 1.82) is 0 Å². The van der Waals surface area contributed by atoms with Crippen LogP contribution in [0.3, 0.4) is 0 Å². The molecule has 1 unspecified atom stereocenters. The zero-order valence-corrected chi connectivity index (χ0v) is 20.9. The van der Waals surface area contributed by atoms with E-state index in [-0.39, 0.29) is 34.5 Å². The number of carbonyl (C=O) groups excluding carboxylic acids is 3. The molecule has 0 radical (unpaired) electrons. The number of benzene rings is 3. The number of hydrogen-bond acceptors (Lipinski definition) is 5. The minimum Gasteiger partial charge on any atom is -0.508 e. The molecule has 3 aromatic carbocycles. The number of carboxylic acid groups (broad SMARTS) is 1. The van der Waals surface area contributed by atoms with Crippen molar-refractivity contribution < 1.29 is 47.0 Å². The number of halogens is 5. The number of alkyl halides is 3. The van der Waals surface area contributed by atoms with Gasteiger partial charge in [0, 0.05) is 24.2 Å². The number of carboxylic acids is 1. The van der Waals surface area contributed by atoms with Gasteiger partial charge >= 0.3 is 12.1 Å². The second kappa shape index (κ2) is 12.5. The SMILES string of the molecule is O=C(NCc1cccc(O)c1)c1ccc(C(=O)NC(CNC(=O)c2cc(F)cc(C(F)(F)F)c2)C(=O)O)c(Cl)c1. The Morgan fingerprint density at radius 1 is 0.875 bits per heavy atom. The Kier molecular flexibility index (Phi) is 9.32. The van der Waals surface area contributed by atoms with Crippen molar-refractivity contribution in [2.24, 2.45) is 0 Å². The van der Waals surface area contributed by atoms with Gasteiger partial charge < -0.3 is 26.2 Å². The third-order valence-corrected chi connectivity index (χ3v) is 5.71. The molecule has 0 aliphatic heterocycles. The fourth-order valence-electron chi connectivity index (χ4n) is 3.41. The van der Waals surface area contributed by atoms with Gasteiger partial charge in [0.2, 0.25) is 0 Å². The minimum atomic E-state index is -4.92. The van der Waals surface area contributed by atoms with Crippen molar-refractivity contribution in [3.8, 4) is 5.75 Å². The third-order valence-electron chi connectivity index (χ3n) is 5.40. The summed E-state index contributed by atoms with van der Waals surface area (Å²) in [5, 5.41) is 25.5. The molecule has 1 atom stereocenters. The van der Waals surface area contributed by atoms with Gasteiger partial charge in [0.05, 0.1) is 16.1 Å². The maximum absolute atomic E-state index is 13.6. The first-order chi connectivity index (χ1) is 18.7. The number of hydrogen-bond donors (Lipinski definition) is 5. The summed E-state index contributed by atoms with van der Waals surface area (Å²) >= 11 is 6.12. The smallest absolute Gasteiger partial charge is 0.416 e. The lowest BCUT2D eigenvalue weighted by molar-refractivity contribution is -0.139. The van der Waals surface area contributed by atoms with E-state index in [1.165, 1.54) is 30.3 Å². The van der Waals surface area contributed by atoms with Gasteiger partial charge in [0.15, 0.2) is 0 Å². The van der Waals surface area contributed by atoms with Crippen molar-refractivity contribution in [2.75, 3.05) is 6.54 Å². The van der Waals surface area contributed by atoms with E-state index in [0.29, 0.717) is 17.7 Å². The lowest BCUT2D eigenvalue weighted by atomic mass is 10.1. The zero-order chi connectivity index (χ0) is 29.6. The van der Waals surface area contributed by atoms with Crippen LogP contribution in [0.15, 0.2) is 60.7 Å². The van der Waals surface area contributed by atoms with Gasteiger partial charge in [0.25, 0.3) is 17.7 Å². The summed E-state index contributed by atoms with van der Waals surface area (Å²) in [6.07, 6.45) is -4.92. The van der Waals surface area contributed by atoms with Crippen LogP contribution in [-0.2, 0) is 17.5 Å². The van der Waals surface area contributed by atoms with Crippen LogP contribution in [0, 0.1) is 5.82 Å². The number of nitrogens with one attached hydrogen (secondary N) is 3. The fourth-order valence-corrected chi connectivity index (χ4v) is 3.67. The molecule has 0 aliphatic carbocycles. The number of amides is 3.